The van der Waals surface area contributed by atoms with E-state index >= 15 is 0 Å². The number of halogens is 4. The van der Waals surface area contributed by atoms with E-state index in [9.17, 15) is 9.59 Å². The number of carbonyl (C=O) groups excluding carboxylic acids is 2. The molecule has 0 N–H and O–H groups in total. The van der Waals surface area contributed by atoms with Gasteiger partial charge in [-0.15, -0.1) is 46.4 Å². The van der Waals surface area contributed by atoms with Crippen LogP contribution in [0.5, 0.6) is 0 Å². The van der Waals surface area contributed by atoms with E-state index < -0.39 is 0 Å². The van der Waals surface area contributed by atoms with Gasteiger partial charge in [-0.1, -0.05) is 266 Å². The number of alkyl halides is 4. The minimum Gasteiger partial charge on any atom is -0.298 e. The van der Waals surface area contributed by atoms with Crippen LogP contribution in [-0.4, -0.2) is 22.5 Å². The second-order valence-electron chi connectivity index (χ2n) is 32.5. The van der Waals surface area contributed by atoms with E-state index in [1.165, 1.54) is 100 Å². The van der Waals surface area contributed by atoms with Crippen LogP contribution in [0.25, 0.3) is 12.2 Å². The maximum atomic E-state index is 10.2. The Morgan fingerprint density at radius 1 is 0.252 bits per heavy atom. The molecule has 16 heteroatoms. The maximum absolute atomic E-state index is 10.2. The fraction of sp³-hybridized carbons (Fsp3) is 0.118. The van der Waals surface area contributed by atoms with Crippen LogP contribution in [-0.2, 0) is 74.9 Å². The Morgan fingerprint density at radius 3 is 0.790 bits per heavy atom. The zero-order valence-corrected chi connectivity index (χ0v) is 95.5. The first-order chi connectivity index (χ1) is 66.6. The molecule has 0 saturated carbocycles. The molecule has 21 rings (SSSR count). The molecule has 5 aliphatic rings. The van der Waals surface area contributed by atoms with Crippen molar-refractivity contribution >= 4 is 71.1 Å². The quantitative estimate of drug-likeness (QED) is 0.0263. The molecule has 0 aliphatic heterocycles. The topological polar surface area (TPSA) is 59.9 Å². The number of hydrogen-bond donors (Lipinski definition) is 0. The summed E-state index contributed by atoms with van der Waals surface area (Å²) in [5.74, 6) is 2.02. The summed E-state index contributed by atoms with van der Waals surface area (Å²) in [5.41, 5.74) is 32.0. The van der Waals surface area contributed by atoms with Crippen LogP contribution in [0, 0.1) is 0 Å². The van der Waals surface area contributed by atoms with Gasteiger partial charge in [0.2, 0.25) is 0 Å². The maximum Gasteiger partial charge on any atom is 1.00 e. The van der Waals surface area contributed by atoms with E-state index in [0.29, 0.717) is 47.2 Å². The number of benzene rings is 6. The van der Waals surface area contributed by atoms with E-state index in [0.717, 1.165) is 105 Å². The molecule has 682 valence electrons. The minimum absolute atomic E-state index is 0. The average Bonchev–Trinajstić information content (AvgIpc) is 1.84. The zero-order valence-electron chi connectivity index (χ0n) is 84.5. The van der Waals surface area contributed by atoms with Gasteiger partial charge in [-0.2, -0.15) is 143 Å². The van der Waals surface area contributed by atoms with Gasteiger partial charge < -0.3 is 0 Å². The van der Waals surface area contributed by atoms with Crippen molar-refractivity contribution in [3.63, 3.8) is 0 Å². The number of carbonyl (C=O) groups is 2. The Kier molecular flexibility index (Phi) is 71.8. The van der Waals surface area contributed by atoms with E-state index in [1.54, 1.807) is 24.3 Å². The first kappa shape index (κ1) is 129. The molecule has 0 atom stereocenters. The van der Waals surface area contributed by atoms with Crippen LogP contribution >= 0.6 is 46.4 Å². The predicted molar refractivity (Wildman–Crippen MR) is 576 cm³/mol. The largest absolute Gasteiger partial charge is 1.00 e. The molecular formula is C127H116Cl4Li4N2Na4O2. The van der Waals surface area contributed by atoms with E-state index in [-0.39, 0.29) is 194 Å². The number of nitrogens with zero attached hydrogens (tertiary/aromatic N) is 2. The molecule has 16 aromatic rings. The van der Waals surface area contributed by atoms with E-state index in [1.807, 2.05) is 103 Å². The van der Waals surface area contributed by atoms with Crippen molar-refractivity contribution in [2.24, 2.45) is 0 Å². The van der Waals surface area contributed by atoms with Crippen molar-refractivity contribution in [1.82, 2.24) is 9.97 Å². The van der Waals surface area contributed by atoms with Gasteiger partial charge in [0.1, 0.15) is 12.6 Å². The first-order valence-corrected chi connectivity index (χ1v) is 48.0. The molecule has 143 heavy (non-hydrogen) atoms. The zero-order chi connectivity index (χ0) is 93.8. The number of allylic oxidation sites excluding steroid dienone is 22. The van der Waals surface area contributed by atoms with Crippen molar-refractivity contribution in [2.75, 3.05) is 0 Å². The van der Waals surface area contributed by atoms with Crippen LogP contribution in [0.15, 0.2) is 520 Å². The molecule has 5 aliphatic carbocycles. The molecule has 0 saturated heterocycles. The summed E-state index contributed by atoms with van der Waals surface area (Å²) in [7, 11) is 0. The summed E-state index contributed by atoms with van der Waals surface area (Å²) in [4.78, 5) is 29.2. The monoisotopic (exact) mass is 1960 g/mol. The molecule has 0 spiro atoms. The fourth-order valence-corrected chi connectivity index (χ4v) is 15.5. The Hall–Kier alpha value is -7.81. The van der Waals surface area contributed by atoms with Gasteiger partial charge in [0.25, 0.3) is 0 Å². The third kappa shape index (κ3) is 53.6. The average molecular weight is 1960 g/mol. The third-order valence-corrected chi connectivity index (χ3v) is 22.7. The smallest absolute Gasteiger partial charge is 0.298 e. The normalized spacial score (nSPS) is 11.3. The summed E-state index contributed by atoms with van der Waals surface area (Å²) in [6.45, 7) is 0. The van der Waals surface area contributed by atoms with Gasteiger partial charge in [-0.3, -0.25) is 19.6 Å². The van der Waals surface area contributed by atoms with Crippen molar-refractivity contribution in [3.8, 4) is 0 Å². The van der Waals surface area contributed by atoms with Gasteiger partial charge in [-0.05, 0) is 186 Å². The molecule has 0 unspecified atom stereocenters. The van der Waals surface area contributed by atoms with Gasteiger partial charge in [0, 0.05) is 34.3 Å². The second kappa shape index (κ2) is 79.4. The summed E-state index contributed by atoms with van der Waals surface area (Å²) >= 11 is 22.3. The minimum atomic E-state index is 0. The van der Waals surface area contributed by atoms with Crippen molar-refractivity contribution in [3.05, 3.63) is 643 Å². The van der Waals surface area contributed by atoms with Gasteiger partial charge in [-0.25, -0.2) is 97.1 Å². The first-order valence-electron chi connectivity index (χ1n) is 45.9. The molecular weight excluding hydrogens is 1850 g/mol. The van der Waals surface area contributed by atoms with Crippen molar-refractivity contribution in [1.29, 1.82) is 0 Å². The Balaban J connectivity index is 0.000000411. The summed E-state index contributed by atoms with van der Waals surface area (Å²) < 4.78 is 0. The number of aldehydes is 2. The van der Waals surface area contributed by atoms with Crippen molar-refractivity contribution < 1.29 is 203 Å². The second-order valence-corrected chi connectivity index (χ2v) is 33.5. The molecule has 4 nitrogen and oxygen atoms in total. The van der Waals surface area contributed by atoms with Crippen molar-refractivity contribution in [2.45, 2.75) is 94.1 Å². The molecule has 0 fully saturated rings. The van der Waals surface area contributed by atoms with Crippen LogP contribution in [0.3, 0.4) is 0 Å². The number of pyridine rings is 2. The van der Waals surface area contributed by atoms with E-state index in [2.05, 4.69) is 387 Å². The van der Waals surface area contributed by atoms with Gasteiger partial charge in [0.15, 0.2) is 0 Å². The van der Waals surface area contributed by atoms with Crippen LogP contribution in [0.2, 0.25) is 0 Å². The molecule has 0 amide bonds. The summed E-state index contributed by atoms with van der Waals surface area (Å²) in [6.07, 6.45) is 55.7. The van der Waals surface area contributed by atoms with Gasteiger partial charge >= 0.3 is 194 Å². The third-order valence-electron chi connectivity index (χ3n) is 21.5. The predicted octanol–water partition coefficient (Wildman–Crippen LogP) is 8.94. The Morgan fingerprint density at radius 2 is 0.524 bits per heavy atom. The molecule has 0 bridgehead atoms. The fourth-order valence-electron chi connectivity index (χ4n) is 14.9. The Bertz CT molecular complexity index is 5700. The summed E-state index contributed by atoms with van der Waals surface area (Å²) in [5, 5.41) is 0. The van der Waals surface area contributed by atoms with E-state index in [4.69, 9.17) is 51.4 Å². The van der Waals surface area contributed by atoms with Crippen LogP contribution in [0.4, 0.5) is 0 Å². The number of aromatic nitrogens is 2. The van der Waals surface area contributed by atoms with Gasteiger partial charge in [0.05, 0.1) is 23.1 Å². The number of hydrogen-bond acceptors (Lipinski definition) is 4. The molecule has 2 aromatic heterocycles. The molecule has 0 radical (unpaired) electrons. The SMILES string of the molecule is C1=CC(=Cc2cccc(C=C3C=CC=C3)c2)C=C1.C1=CCC(Cc2cccc(CC3=CC=CC3)c2)=C1.C1=CCC=C1.ClCc1cccc(CCl)c1.ClCc1cccc(CCl)n1.O=Cc1cccc(C=O)c1.[Li+].[Li+].[Li+].[Li+].[Na+].[Na+].[Na+].[Na+].c1c[cH-]c(Cc2cccc(Cc3ccc[cH-]3)n2)c1.c1cc(Cc2ccc[cH-]2)cc(Cc2ccc[cH-]2)c1.c1cc(Cc2ccc[cH-]2)cc(Cc2ccc[cH-]2)c1.c1cc[cH-]c1.c1cc[cH-]c1. The Labute approximate surface area is 1010 Å². The van der Waals surface area contributed by atoms with Crippen LogP contribution < -0.4 is 194 Å². The standard InChI is InChI=1S/C18H18.2C18H16.C18H14.C17H15N.C8H8Cl2.C8H6O2.C7H7Cl2N.C5H6.2C5H5.4Li.4Na/c4*1-2-7-15(6-1)12-17-10-5-11-18(14-17)13-16-8-3-4-9-16;1-2-7-14(6-1)12-16-10-5-11-17(18-16)13-15-8-3-4-9-15;2*9-5-7-2-1-3-8(4-7)6-10;8-4-6-2-1-3-7(5-9)10-6;3*1-2-4-5-3-1;;;;;;;;/h1-6,8,10-11,14H,7,9,12-13H2;2*1-11,14H,12-13H2;1-14H;1-11H,12-13H2;1-4H,5-6H2;1-6H;1-3H,4-5H2;1-4H,5H2;2*1-5H;;;;;;;;/q;2*-2;;-2;;;;;2*-1;8*+1. The molecule has 2 heterocycles. The van der Waals surface area contributed by atoms with Crippen LogP contribution in [0.1, 0.15) is 152 Å². The molecule has 14 aromatic carbocycles. The number of rotatable bonds is 24. The summed E-state index contributed by atoms with van der Waals surface area (Å²) in [6, 6.07) is 133.